The van der Waals surface area contributed by atoms with Crippen LogP contribution in [0.2, 0.25) is 0 Å². The zero-order chi connectivity index (χ0) is 10.7. The van der Waals surface area contributed by atoms with Gasteiger partial charge >= 0.3 is 6.03 Å². The summed E-state index contributed by atoms with van der Waals surface area (Å²) in [7, 11) is 1.88. The van der Waals surface area contributed by atoms with Crippen LogP contribution in [0.3, 0.4) is 0 Å². The minimum atomic E-state index is 0.200. The maximum absolute atomic E-state index is 11.6. The summed E-state index contributed by atoms with van der Waals surface area (Å²) in [5, 5.41) is 3.52. The third kappa shape index (κ3) is 2.62. The lowest BCUT2D eigenvalue weighted by Gasteiger charge is -2.25. The highest BCUT2D eigenvalue weighted by Gasteiger charge is 2.25. The van der Waals surface area contributed by atoms with Crippen LogP contribution in [0.15, 0.2) is 0 Å². The fourth-order valence-electron chi connectivity index (χ4n) is 2.39. The molecule has 2 amide bonds. The SMILES string of the molecule is CN1CCN(CCC2CCCCN2)C1=O. The van der Waals surface area contributed by atoms with E-state index >= 15 is 0 Å². The van der Waals surface area contributed by atoms with Crippen molar-refractivity contribution in [2.24, 2.45) is 0 Å². The van der Waals surface area contributed by atoms with E-state index in [0.29, 0.717) is 6.04 Å². The average Bonchev–Trinajstić information content (AvgIpc) is 2.59. The summed E-state index contributed by atoms with van der Waals surface area (Å²) in [5.41, 5.74) is 0. The number of urea groups is 1. The van der Waals surface area contributed by atoms with Crippen LogP contribution < -0.4 is 5.32 Å². The number of hydrogen-bond acceptors (Lipinski definition) is 2. The molecular weight excluding hydrogens is 190 g/mol. The third-order valence-electron chi connectivity index (χ3n) is 3.46. The predicted molar refractivity (Wildman–Crippen MR) is 59.9 cm³/mol. The maximum atomic E-state index is 11.6. The van der Waals surface area contributed by atoms with Gasteiger partial charge in [0.25, 0.3) is 0 Å². The van der Waals surface area contributed by atoms with E-state index in [1.807, 2.05) is 11.9 Å². The highest BCUT2D eigenvalue weighted by molar-refractivity contribution is 5.76. The van der Waals surface area contributed by atoms with Gasteiger partial charge in [-0.3, -0.25) is 0 Å². The fraction of sp³-hybridized carbons (Fsp3) is 0.909. The van der Waals surface area contributed by atoms with Crippen molar-refractivity contribution in [3.8, 4) is 0 Å². The molecule has 1 atom stereocenters. The number of piperidine rings is 1. The standard InChI is InChI=1S/C11H21N3O/c1-13-8-9-14(11(13)15)7-5-10-4-2-3-6-12-10/h10,12H,2-9H2,1H3. The van der Waals surface area contributed by atoms with Crippen molar-refractivity contribution in [1.29, 1.82) is 0 Å². The van der Waals surface area contributed by atoms with Crippen LogP contribution in [0.5, 0.6) is 0 Å². The quantitative estimate of drug-likeness (QED) is 0.752. The molecule has 0 radical (unpaired) electrons. The molecule has 0 aromatic carbocycles. The first kappa shape index (κ1) is 10.7. The minimum absolute atomic E-state index is 0.200. The summed E-state index contributed by atoms with van der Waals surface area (Å²) in [5.74, 6) is 0. The molecule has 2 saturated heterocycles. The minimum Gasteiger partial charge on any atom is -0.326 e. The first-order valence-corrected chi connectivity index (χ1v) is 6.01. The molecule has 2 heterocycles. The summed E-state index contributed by atoms with van der Waals surface area (Å²) in [6.45, 7) is 3.86. The molecule has 0 saturated carbocycles. The van der Waals surface area contributed by atoms with Gasteiger partial charge in [0.1, 0.15) is 0 Å². The molecule has 4 nitrogen and oxygen atoms in total. The van der Waals surface area contributed by atoms with Gasteiger partial charge in [0.2, 0.25) is 0 Å². The molecule has 0 bridgehead atoms. The summed E-state index contributed by atoms with van der Waals surface area (Å²) < 4.78 is 0. The Kier molecular flexibility index (Phi) is 3.46. The van der Waals surface area contributed by atoms with Gasteiger partial charge in [-0.1, -0.05) is 6.42 Å². The molecule has 0 aliphatic carbocycles. The van der Waals surface area contributed by atoms with Crippen molar-refractivity contribution in [1.82, 2.24) is 15.1 Å². The first-order valence-electron chi connectivity index (χ1n) is 6.01. The molecule has 1 N–H and O–H groups in total. The van der Waals surface area contributed by atoms with Crippen LogP contribution in [0.4, 0.5) is 4.79 Å². The van der Waals surface area contributed by atoms with Crippen molar-refractivity contribution in [2.45, 2.75) is 31.7 Å². The second kappa shape index (κ2) is 4.84. The van der Waals surface area contributed by atoms with E-state index in [0.717, 1.165) is 32.6 Å². The van der Waals surface area contributed by atoms with Crippen LogP contribution in [-0.2, 0) is 0 Å². The average molecular weight is 211 g/mol. The summed E-state index contributed by atoms with van der Waals surface area (Å²) in [6.07, 6.45) is 5.03. The molecule has 4 heteroatoms. The molecule has 2 rings (SSSR count). The zero-order valence-corrected chi connectivity index (χ0v) is 9.54. The summed E-state index contributed by atoms with van der Waals surface area (Å²) in [4.78, 5) is 15.4. The monoisotopic (exact) mass is 211 g/mol. The number of rotatable bonds is 3. The van der Waals surface area contributed by atoms with Crippen molar-refractivity contribution >= 4 is 6.03 Å². The molecule has 0 aromatic rings. The Hall–Kier alpha value is -0.770. The van der Waals surface area contributed by atoms with Gasteiger partial charge in [-0.2, -0.15) is 0 Å². The van der Waals surface area contributed by atoms with E-state index in [-0.39, 0.29) is 6.03 Å². The second-order valence-corrected chi connectivity index (χ2v) is 4.63. The summed E-state index contributed by atoms with van der Waals surface area (Å²) >= 11 is 0. The molecular formula is C11H21N3O. The van der Waals surface area contributed by atoms with Gasteiger partial charge in [-0.05, 0) is 25.8 Å². The Morgan fingerprint density at radius 2 is 2.27 bits per heavy atom. The summed E-state index contributed by atoms with van der Waals surface area (Å²) in [6, 6.07) is 0.836. The molecule has 2 aliphatic heterocycles. The lowest BCUT2D eigenvalue weighted by molar-refractivity contribution is 0.195. The van der Waals surface area contributed by atoms with E-state index in [2.05, 4.69) is 5.32 Å². The highest BCUT2D eigenvalue weighted by atomic mass is 16.2. The topological polar surface area (TPSA) is 35.6 Å². The maximum Gasteiger partial charge on any atom is 0.319 e. The van der Waals surface area contributed by atoms with Crippen LogP contribution in [0.25, 0.3) is 0 Å². The molecule has 0 spiro atoms. The van der Waals surface area contributed by atoms with Crippen LogP contribution in [0.1, 0.15) is 25.7 Å². The third-order valence-corrected chi connectivity index (χ3v) is 3.46. The molecule has 2 aliphatic rings. The number of amides is 2. The van der Waals surface area contributed by atoms with E-state index in [1.165, 1.54) is 19.3 Å². The molecule has 2 fully saturated rings. The van der Waals surface area contributed by atoms with Crippen molar-refractivity contribution < 1.29 is 4.79 Å². The highest BCUT2D eigenvalue weighted by Crippen LogP contribution is 2.13. The van der Waals surface area contributed by atoms with E-state index < -0.39 is 0 Å². The number of carbonyl (C=O) groups is 1. The van der Waals surface area contributed by atoms with E-state index in [1.54, 1.807) is 4.90 Å². The first-order chi connectivity index (χ1) is 7.27. The Morgan fingerprint density at radius 1 is 1.40 bits per heavy atom. The smallest absolute Gasteiger partial charge is 0.319 e. The van der Waals surface area contributed by atoms with Gasteiger partial charge in [0.05, 0.1) is 0 Å². The second-order valence-electron chi connectivity index (χ2n) is 4.63. The number of likely N-dealkylation sites (N-methyl/N-ethyl adjacent to an activating group) is 1. The normalized spacial score (nSPS) is 27.5. The van der Waals surface area contributed by atoms with Gasteiger partial charge < -0.3 is 15.1 Å². The Balaban J connectivity index is 1.71. The molecule has 15 heavy (non-hydrogen) atoms. The lowest BCUT2D eigenvalue weighted by atomic mass is 10.0. The molecule has 0 aromatic heterocycles. The predicted octanol–water partition coefficient (Wildman–Crippen LogP) is 0.886. The molecule has 1 unspecified atom stereocenters. The number of hydrogen-bond donors (Lipinski definition) is 1. The largest absolute Gasteiger partial charge is 0.326 e. The lowest BCUT2D eigenvalue weighted by Crippen LogP contribution is -2.38. The number of carbonyl (C=O) groups excluding carboxylic acids is 1. The van der Waals surface area contributed by atoms with Gasteiger partial charge in [0.15, 0.2) is 0 Å². The van der Waals surface area contributed by atoms with Crippen LogP contribution in [-0.4, -0.2) is 55.1 Å². The Labute approximate surface area is 91.6 Å². The molecule has 86 valence electrons. The zero-order valence-electron chi connectivity index (χ0n) is 9.54. The number of nitrogens with zero attached hydrogens (tertiary/aromatic N) is 2. The van der Waals surface area contributed by atoms with Gasteiger partial charge in [-0.15, -0.1) is 0 Å². The van der Waals surface area contributed by atoms with Crippen molar-refractivity contribution in [2.75, 3.05) is 33.2 Å². The van der Waals surface area contributed by atoms with Gasteiger partial charge in [-0.25, -0.2) is 4.79 Å². The van der Waals surface area contributed by atoms with Crippen LogP contribution >= 0.6 is 0 Å². The number of nitrogens with one attached hydrogen (secondary N) is 1. The Bertz CT molecular complexity index is 226. The fourth-order valence-corrected chi connectivity index (χ4v) is 2.39. The Morgan fingerprint density at radius 3 is 2.87 bits per heavy atom. The van der Waals surface area contributed by atoms with Crippen LogP contribution in [0, 0.1) is 0 Å². The van der Waals surface area contributed by atoms with Crippen molar-refractivity contribution in [3.05, 3.63) is 0 Å². The van der Waals surface area contributed by atoms with E-state index in [4.69, 9.17) is 0 Å². The van der Waals surface area contributed by atoms with Gasteiger partial charge in [0, 0.05) is 32.7 Å². The van der Waals surface area contributed by atoms with Crippen molar-refractivity contribution in [3.63, 3.8) is 0 Å². The van der Waals surface area contributed by atoms with E-state index in [9.17, 15) is 4.79 Å².